The van der Waals surface area contributed by atoms with E-state index < -0.39 is 0 Å². The molecule has 0 aliphatic carbocycles. The first-order chi connectivity index (χ1) is 19.5. The van der Waals surface area contributed by atoms with Crippen molar-refractivity contribution in [2.24, 2.45) is 0 Å². The van der Waals surface area contributed by atoms with Crippen LogP contribution >= 0.6 is 0 Å². The molecule has 0 atom stereocenters. The number of nitrogens with zero attached hydrogens (tertiary/aromatic N) is 1. The molecule has 0 unspecified atom stereocenters. The van der Waals surface area contributed by atoms with E-state index in [0.717, 1.165) is 32.8 Å². The van der Waals surface area contributed by atoms with Gasteiger partial charge in [0.05, 0.1) is 13.2 Å². The summed E-state index contributed by atoms with van der Waals surface area (Å²) < 4.78 is 12.7. The molecular formula is C33H32N4O3. The van der Waals surface area contributed by atoms with E-state index in [1.165, 1.54) is 0 Å². The zero-order chi connectivity index (χ0) is 28.1. The lowest BCUT2D eigenvalue weighted by Crippen LogP contribution is -2.25. The summed E-state index contributed by atoms with van der Waals surface area (Å²) in [5.74, 6) is 0.0472. The summed E-state index contributed by atoms with van der Waals surface area (Å²) in [6.07, 6.45) is 0. The molecule has 1 heterocycles. The molecule has 0 aliphatic heterocycles. The second-order valence-electron chi connectivity index (χ2n) is 9.43. The van der Waals surface area contributed by atoms with Crippen molar-refractivity contribution in [1.29, 1.82) is 10.8 Å². The Labute approximate surface area is 233 Å². The van der Waals surface area contributed by atoms with E-state index in [1.54, 1.807) is 0 Å². The van der Waals surface area contributed by atoms with E-state index in [2.05, 4.69) is 29.6 Å². The van der Waals surface area contributed by atoms with E-state index in [1.807, 2.05) is 85.1 Å². The van der Waals surface area contributed by atoms with E-state index in [-0.39, 0.29) is 17.7 Å². The van der Waals surface area contributed by atoms with E-state index in [9.17, 15) is 4.79 Å². The maximum atomic E-state index is 13.6. The van der Waals surface area contributed by atoms with E-state index in [4.69, 9.17) is 20.3 Å². The molecule has 1 aromatic heterocycles. The molecular weight excluding hydrogens is 500 g/mol. The fourth-order valence-electron chi connectivity index (χ4n) is 4.86. The number of rotatable bonds is 9. The van der Waals surface area contributed by atoms with Crippen molar-refractivity contribution in [1.82, 2.24) is 9.88 Å². The van der Waals surface area contributed by atoms with Crippen molar-refractivity contribution in [3.8, 4) is 0 Å². The van der Waals surface area contributed by atoms with Gasteiger partial charge in [-0.25, -0.2) is 0 Å². The van der Waals surface area contributed by atoms with Crippen LogP contribution < -0.4 is 5.32 Å². The van der Waals surface area contributed by atoms with Gasteiger partial charge in [0.25, 0.3) is 5.91 Å². The smallest absolute Gasteiger partial charge is 0.268 e. The van der Waals surface area contributed by atoms with Gasteiger partial charge in [0.2, 0.25) is 11.8 Å². The first kappa shape index (κ1) is 26.7. The lowest BCUT2D eigenvalue weighted by atomic mass is 10.0. The highest BCUT2D eigenvalue weighted by Crippen LogP contribution is 2.26. The van der Waals surface area contributed by atoms with Gasteiger partial charge in [0, 0.05) is 35.1 Å². The van der Waals surface area contributed by atoms with Crippen molar-refractivity contribution >= 4 is 39.4 Å². The molecule has 0 radical (unpaired) electrons. The van der Waals surface area contributed by atoms with Gasteiger partial charge in [0.1, 0.15) is 5.69 Å². The molecule has 7 nitrogen and oxygen atoms in total. The number of aromatic nitrogens is 1. The third-order valence-corrected chi connectivity index (χ3v) is 6.85. The van der Waals surface area contributed by atoms with Gasteiger partial charge in [-0.15, -0.1) is 0 Å². The zero-order valence-electron chi connectivity index (χ0n) is 22.7. The molecule has 1 amide bonds. The van der Waals surface area contributed by atoms with E-state index >= 15 is 0 Å². The normalized spacial score (nSPS) is 10.9. The number of fused-ring (bicyclic) bond motifs is 2. The highest BCUT2D eigenvalue weighted by Gasteiger charge is 2.18. The molecule has 202 valence electrons. The molecule has 0 spiro atoms. The predicted octanol–water partition coefficient (Wildman–Crippen LogP) is 6.50. The molecule has 0 saturated carbocycles. The minimum absolute atomic E-state index is 0.106. The van der Waals surface area contributed by atoms with Gasteiger partial charge in [-0.3, -0.25) is 15.6 Å². The lowest BCUT2D eigenvalue weighted by Gasteiger charge is -2.14. The van der Waals surface area contributed by atoms with Crippen LogP contribution in [0.4, 0.5) is 0 Å². The fourth-order valence-corrected chi connectivity index (χ4v) is 4.86. The minimum atomic E-state index is -0.191. The van der Waals surface area contributed by atoms with Crippen molar-refractivity contribution in [3.05, 3.63) is 119 Å². The topological polar surface area (TPSA) is 100 Å². The summed E-state index contributed by atoms with van der Waals surface area (Å²) in [7, 11) is 0. The molecule has 0 saturated heterocycles. The molecule has 3 N–H and O–H groups in total. The third-order valence-electron chi connectivity index (χ3n) is 6.85. The molecule has 7 heteroatoms. The van der Waals surface area contributed by atoms with Crippen LogP contribution in [-0.4, -0.2) is 35.5 Å². The molecule has 0 aliphatic rings. The summed E-state index contributed by atoms with van der Waals surface area (Å²) in [4.78, 5) is 13.6. The maximum Gasteiger partial charge on any atom is 0.268 e. The van der Waals surface area contributed by atoms with Gasteiger partial charge in [-0.05, 0) is 66.1 Å². The molecule has 5 aromatic rings. The highest BCUT2D eigenvalue weighted by atomic mass is 16.5. The molecule has 5 rings (SSSR count). The zero-order valence-corrected chi connectivity index (χ0v) is 22.7. The lowest BCUT2D eigenvalue weighted by molar-refractivity contribution is 0.0942. The van der Waals surface area contributed by atoms with Crippen LogP contribution in [0.1, 0.15) is 46.6 Å². The predicted molar refractivity (Wildman–Crippen MR) is 160 cm³/mol. The molecule has 0 bridgehead atoms. The SMILES string of the molecule is CCOC(=N)c1ccc(CNC(=O)c2cc3ccc(C(=N)OCC)cc3n2Cc2cccc3ccccc23)cc1. The largest absolute Gasteiger partial charge is 0.478 e. The summed E-state index contributed by atoms with van der Waals surface area (Å²) in [6, 6.07) is 29.5. The Bertz CT molecular complexity index is 1700. The first-order valence-electron chi connectivity index (χ1n) is 13.4. The van der Waals surface area contributed by atoms with Crippen LogP contribution in [-0.2, 0) is 22.6 Å². The van der Waals surface area contributed by atoms with Crippen molar-refractivity contribution in [2.75, 3.05) is 13.2 Å². The van der Waals surface area contributed by atoms with Crippen LogP contribution in [0.3, 0.4) is 0 Å². The maximum absolute atomic E-state index is 13.6. The number of nitrogens with one attached hydrogen (secondary N) is 3. The number of carbonyl (C=O) groups excluding carboxylic acids is 1. The minimum Gasteiger partial charge on any atom is -0.478 e. The molecule has 0 fully saturated rings. The number of hydrogen-bond donors (Lipinski definition) is 3. The molecule has 40 heavy (non-hydrogen) atoms. The van der Waals surface area contributed by atoms with Crippen LogP contribution in [0, 0.1) is 10.8 Å². The summed E-state index contributed by atoms with van der Waals surface area (Å²) in [5, 5.41) is 22.5. The Hall–Kier alpha value is -4.91. The average molecular weight is 533 g/mol. The van der Waals surface area contributed by atoms with Gasteiger partial charge in [0.15, 0.2) is 0 Å². The van der Waals surface area contributed by atoms with Crippen LogP contribution in [0.25, 0.3) is 21.7 Å². The standard InChI is InChI=1S/C33H32N4O3/c1-3-39-31(34)24-14-12-22(13-15-24)20-36-33(38)30-18-25-16-17-26(32(35)40-4-2)19-29(25)37(30)21-27-10-7-9-23-8-5-6-11-28(23)27/h5-19,34-35H,3-4,20-21H2,1-2H3,(H,36,38). The number of benzene rings is 4. The van der Waals surface area contributed by atoms with Crippen LogP contribution in [0.15, 0.2) is 91.0 Å². The van der Waals surface area contributed by atoms with Gasteiger partial charge < -0.3 is 19.4 Å². The van der Waals surface area contributed by atoms with E-state index in [0.29, 0.717) is 43.1 Å². The molecule has 4 aromatic carbocycles. The third kappa shape index (κ3) is 5.59. The Morgan fingerprint density at radius 2 is 1.45 bits per heavy atom. The number of carbonyl (C=O) groups is 1. The first-order valence-corrected chi connectivity index (χ1v) is 13.4. The van der Waals surface area contributed by atoms with Gasteiger partial charge in [-0.1, -0.05) is 60.7 Å². The monoisotopic (exact) mass is 532 g/mol. The van der Waals surface area contributed by atoms with Crippen molar-refractivity contribution < 1.29 is 14.3 Å². The highest BCUT2D eigenvalue weighted by molar-refractivity contribution is 6.01. The Morgan fingerprint density at radius 3 is 2.20 bits per heavy atom. The Balaban J connectivity index is 1.48. The average Bonchev–Trinajstić information content (AvgIpc) is 3.34. The van der Waals surface area contributed by atoms with Crippen LogP contribution in [0.5, 0.6) is 0 Å². The summed E-state index contributed by atoms with van der Waals surface area (Å²) >= 11 is 0. The summed E-state index contributed by atoms with van der Waals surface area (Å²) in [5.41, 5.74) is 4.78. The fraction of sp³-hybridized carbons (Fsp3) is 0.182. The van der Waals surface area contributed by atoms with Crippen molar-refractivity contribution in [2.45, 2.75) is 26.9 Å². The Kier molecular flexibility index (Phi) is 7.92. The van der Waals surface area contributed by atoms with Gasteiger partial charge in [-0.2, -0.15) is 0 Å². The number of amides is 1. The van der Waals surface area contributed by atoms with Gasteiger partial charge >= 0.3 is 0 Å². The number of ether oxygens (including phenoxy) is 2. The second-order valence-corrected chi connectivity index (χ2v) is 9.43. The quantitative estimate of drug-likeness (QED) is 0.149. The number of hydrogen-bond acceptors (Lipinski definition) is 5. The van der Waals surface area contributed by atoms with Crippen molar-refractivity contribution in [3.63, 3.8) is 0 Å². The summed E-state index contributed by atoms with van der Waals surface area (Å²) in [6.45, 7) is 5.40. The van der Waals surface area contributed by atoms with Crippen LogP contribution in [0.2, 0.25) is 0 Å². The Morgan fingerprint density at radius 1 is 0.775 bits per heavy atom. The second kappa shape index (κ2) is 11.9.